The fraction of sp³-hybridized carbons (Fsp3) is 0.417. The summed E-state index contributed by atoms with van der Waals surface area (Å²) in [4.78, 5) is 12.4. The summed E-state index contributed by atoms with van der Waals surface area (Å²) in [5.41, 5.74) is -0.752. The molecule has 104 valence electrons. The number of benzene rings is 1. The lowest BCUT2D eigenvalue weighted by Gasteiger charge is -2.20. The Labute approximate surface area is 107 Å². The predicted octanol–water partition coefficient (Wildman–Crippen LogP) is 2.32. The van der Waals surface area contributed by atoms with Gasteiger partial charge in [-0.25, -0.2) is 0 Å². The first-order valence-electron chi connectivity index (χ1n) is 5.66. The molecule has 0 radical (unpaired) electrons. The molecule has 1 atom stereocenters. The summed E-state index contributed by atoms with van der Waals surface area (Å²) in [7, 11) is 0. The second-order valence-corrected chi connectivity index (χ2v) is 4.51. The van der Waals surface area contributed by atoms with Crippen molar-refractivity contribution in [3.8, 4) is 5.75 Å². The average Bonchev–Trinajstić information content (AvgIpc) is 2.76. The van der Waals surface area contributed by atoms with Crippen LogP contribution in [0, 0.1) is 5.92 Å². The normalized spacial score (nSPS) is 19.7. The van der Waals surface area contributed by atoms with Gasteiger partial charge in [0.2, 0.25) is 0 Å². The zero-order valence-electron chi connectivity index (χ0n) is 9.81. The van der Waals surface area contributed by atoms with Crippen LogP contribution >= 0.6 is 0 Å². The molecule has 1 aliphatic rings. The number of hydrogen-bond donors (Lipinski definition) is 2. The van der Waals surface area contributed by atoms with Gasteiger partial charge in [0.1, 0.15) is 5.75 Å². The minimum atomic E-state index is -4.54. The Kier molecular flexibility index (Phi) is 3.30. The van der Waals surface area contributed by atoms with E-state index >= 15 is 0 Å². The van der Waals surface area contributed by atoms with E-state index in [1.807, 2.05) is 0 Å². The van der Waals surface area contributed by atoms with E-state index in [-0.39, 0.29) is 12.2 Å². The lowest BCUT2D eigenvalue weighted by molar-refractivity contribution is -0.141. The van der Waals surface area contributed by atoms with Crippen molar-refractivity contribution in [2.45, 2.75) is 12.6 Å². The Morgan fingerprint density at radius 1 is 1.32 bits per heavy atom. The third-order valence-electron chi connectivity index (χ3n) is 3.13. The van der Waals surface area contributed by atoms with Gasteiger partial charge in [-0.15, -0.1) is 0 Å². The molecular weight excluding hydrogens is 263 g/mol. The first-order valence-corrected chi connectivity index (χ1v) is 5.66. The van der Waals surface area contributed by atoms with E-state index in [0.717, 1.165) is 6.07 Å². The van der Waals surface area contributed by atoms with E-state index in [9.17, 15) is 23.1 Å². The van der Waals surface area contributed by atoms with E-state index < -0.39 is 29.4 Å². The van der Waals surface area contributed by atoms with Crippen molar-refractivity contribution >= 4 is 11.7 Å². The first-order chi connectivity index (χ1) is 8.77. The number of carbonyl (C=O) groups is 1. The highest BCUT2D eigenvalue weighted by atomic mass is 19.4. The third kappa shape index (κ3) is 2.91. The minimum Gasteiger partial charge on any atom is -0.508 e. The number of aliphatic carboxylic acids is 1. The van der Waals surface area contributed by atoms with Gasteiger partial charge >= 0.3 is 12.1 Å². The molecule has 1 aromatic carbocycles. The summed E-state index contributed by atoms with van der Waals surface area (Å²) in [6.45, 7) is 0.508. The number of anilines is 1. The van der Waals surface area contributed by atoms with Crippen molar-refractivity contribution in [1.82, 2.24) is 0 Å². The summed E-state index contributed by atoms with van der Waals surface area (Å²) in [6.07, 6.45) is -4.16. The number of aromatic hydroxyl groups is 1. The number of hydrogen-bond acceptors (Lipinski definition) is 3. The average molecular weight is 275 g/mol. The molecule has 0 bridgehead atoms. The van der Waals surface area contributed by atoms with Crippen LogP contribution in [0.2, 0.25) is 0 Å². The maximum absolute atomic E-state index is 12.6. The topological polar surface area (TPSA) is 60.8 Å². The second kappa shape index (κ2) is 4.64. The fourth-order valence-corrected chi connectivity index (χ4v) is 2.14. The zero-order chi connectivity index (χ0) is 14.2. The molecule has 1 heterocycles. The van der Waals surface area contributed by atoms with E-state index in [0.29, 0.717) is 19.0 Å². The molecule has 1 saturated heterocycles. The summed E-state index contributed by atoms with van der Waals surface area (Å²) in [5, 5.41) is 18.2. The van der Waals surface area contributed by atoms with Crippen LogP contribution in [-0.2, 0) is 11.0 Å². The van der Waals surface area contributed by atoms with Gasteiger partial charge in [0.15, 0.2) is 0 Å². The largest absolute Gasteiger partial charge is 0.508 e. The summed E-state index contributed by atoms with van der Waals surface area (Å²) in [6, 6.07) is 2.78. The van der Waals surface area contributed by atoms with Crippen molar-refractivity contribution in [2.75, 3.05) is 18.0 Å². The highest BCUT2D eigenvalue weighted by Gasteiger charge is 2.33. The lowest BCUT2D eigenvalue weighted by Crippen LogP contribution is -2.23. The molecule has 0 aliphatic carbocycles. The molecule has 0 aromatic heterocycles. The molecule has 1 aliphatic heterocycles. The van der Waals surface area contributed by atoms with E-state index in [2.05, 4.69) is 0 Å². The van der Waals surface area contributed by atoms with Crippen LogP contribution in [0.4, 0.5) is 18.9 Å². The predicted molar refractivity (Wildman–Crippen MR) is 61.1 cm³/mol. The third-order valence-corrected chi connectivity index (χ3v) is 3.13. The molecule has 1 unspecified atom stereocenters. The van der Waals surface area contributed by atoms with Crippen LogP contribution in [0.5, 0.6) is 5.75 Å². The molecule has 0 amide bonds. The first kappa shape index (κ1) is 13.5. The quantitative estimate of drug-likeness (QED) is 0.869. The Morgan fingerprint density at radius 2 is 2.00 bits per heavy atom. The number of phenolic OH excluding ortho intramolecular Hbond substituents is 1. The number of carboxylic acid groups (broad SMARTS) is 1. The fourth-order valence-electron chi connectivity index (χ4n) is 2.14. The van der Waals surface area contributed by atoms with Gasteiger partial charge in [0.25, 0.3) is 0 Å². The van der Waals surface area contributed by atoms with Crippen molar-refractivity contribution in [2.24, 2.45) is 5.92 Å². The molecule has 0 spiro atoms. The molecule has 1 aromatic rings. The molecule has 2 N–H and O–H groups in total. The van der Waals surface area contributed by atoms with Gasteiger partial charge in [-0.1, -0.05) is 0 Å². The molecule has 7 heteroatoms. The van der Waals surface area contributed by atoms with Gasteiger partial charge in [-0.3, -0.25) is 4.79 Å². The van der Waals surface area contributed by atoms with Crippen LogP contribution in [-0.4, -0.2) is 29.3 Å². The van der Waals surface area contributed by atoms with Gasteiger partial charge in [-0.05, 0) is 18.6 Å². The van der Waals surface area contributed by atoms with Crippen LogP contribution < -0.4 is 4.90 Å². The monoisotopic (exact) mass is 275 g/mol. The molecule has 1 fully saturated rings. The van der Waals surface area contributed by atoms with Crippen molar-refractivity contribution in [3.05, 3.63) is 23.8 Å². The minimum absolute atomic E-state index is 0.149. The van der Waals surface area contributed by atoms with Gasteiger partial charge in [-0.2, -0.15) is 13.2 Å². The molecule has 4 nitrogen and oxygen atoms in total. The van der Waals surface area contributed by atoms with Gasteiger partial charge in [0.05, 0.1) is 11.5 Å². The highest BCUT2D eigenvalue weighted by molar-refractivity contribution is 5.72. The van der Waals surface area contributed by atoms with E-state index in [1.54, 1.807) is 0 Å². The number of rotatable bonds is 2. The second-order valence-electron chi connectivity index (χ2n) is 4.51. The maximum atomic E-state index is 12.6. The van der Waals surface area contributed by atoms with Gasteiger partial charge in [0, 0.05) is 24.8 Å². The Balaban J connectivity index is 2.26. The Hall–Kier alpha value is -1.92. The number of alkyl halides is 3. The van der Waals surface area contributed by atoms with Crippen LogP contribution in [0.1, 0.15) is 12.0 Å². The number of halogens is 3. The highest BCUT2D eigenvalue weighted by Crippen LogP contribution is 2.36. The number of carboxylic acids is 1. The molecular formula is C12H12F3NO3. The van der Waals surface area contributed by atoms with Crippen molar-refractivity contribution in [1.29, 1.82) is 0 Å². The molecule has 2 rings (SSSR count). The zero-order valence-corrected chi connectivity index (χ0v) is 9.81. The molecule has 19 heavy (non-hydrogen) atoms. The summed E-state index contributed by atoms with van der Waals surface area (Å²) in [5.74, 6) is -2.03. The van der Waals surface area contributed by atoms with Crippen molar-refractivity contribution < 1.29 is 28.2 Å². The summed E-state index contributed by atoms with van der Waals surface area (Å²) >= 11 is 0. The standard InChI is InChI=1S/C12H12F3NO3/c13-12(14,15)8-3-9(5-10(17)4-8)16-2-1-7(6-16)11(18)19/h3-5,7,17H,1-2,6H2,(H,18,19). The van der Waals surface area contributed by atoms with E-state index in [4.69, 9.17) is 5.11 Å². The van der Waals surface area contributed by atoms with Crippen LogP contribution in [0.15, 0.2) is 18.2 Å². The maximum Gasteiger partial charge on any atom is 0.416 e. The molecule has 0 saturated carbocycles. The summed E-state index contributed by atoms with van der Waals surface area (Å²) < 4.78 is 37.8. The SMILES string of the molecule is O=C(O)C1CCN(c2cc(O)cc(C(F)(F)F)c2)C1. The van der Waals surface area contributed by atoms with Crippen molar-refractivity contribution in [3.63, 3.8) is 0 Å². The number of nitrogens with zero attached hydrogens (tertiary/aromatic N) is 1. The Bertz CT molecular complexity index is 501. The van der Waals surface area contributed by atoms with Gasteiger partial charge < -0.3 is 15.1 Å². The smallest absolute Gasteiger partial charge is 0.416 e. The van der Waals surface area contributed by atoms with Crippen LogP contribution in [0.3, 0.4) is 0 Å². The number of phenols is 1. The van der Waals surface area contributed by atoms with Crippen LogP contribution in [0.25, 0.3) is 0 Å². The van der Waals surface area contributed by atoms with E-state index in [1.165, 1.54) is 11.0 Å². The lowest BCUT2D eigenvalue weighted by atomic mass is 10.1. The Morgan fingerprint density at radius 3 is 2.53 bits per heavy atom.